The number of para-hydroxylation sites is 1. The van der Waals surface area contributed by atoms with Gasteiger partial charge in [-0.2, -0.15) is 4.98 Å². The molecule has 2 N–H and O–H groups in total. The number of nitrogens with zero attached hydrogens (tertiary/aromatic N) is 2. The van der Waals surface area contributed by atoms with E-state index in [0.717, 1.165) is 10.2 Å². The van der Waals surface area contributed by atoms with Crippen molar-refractivity contribution >= 4 is 50.2 Å². The van der Waals surface area contributed by atoms with E-state index in [1.165, 1.54) is 0 Å². The molecule has 0 bridgehead atoms. The lowest BCUT2D eigenvalue weighted by Crippen LogP contribution is -2.11. The van der Waals surface area contributed by atoms with Gasteiger partial charge in [-0.1, -0.05) is 51.8 Å². The summed E-state index contributed by atoms with van der Waals surface area (Å²) < 4.78 is 0.748. The molecule has 0 amide bonds. The monoisotopic (exact) mass is 426 g/mol. The molecule has 0 saturated heterocycles. The third kappa shape index (κ3) is 3.21. The summed E-state index contributed by atoms with van der Waals surface area (Å²) in [5.74, 6) is 0.408. The van der Waals surface area contributed by atoms with Crippen LogP contribution in [0.3, 0.4) is 0 Å². The smallest absolute Gasteiger partial charge is 0.257 e. The minimum Gasteiger partial charge on any atom is -0.324 e. The van der Waals surface area contributed by atoms with Crippen LogP contribution in [0.4, 0.5) is 11.6 Å². The first-order valence-electron chi connectivity index (χ1n) is 7.78. The van der Waals surface area contributed by atoms with Gasteiger partial charge in [0.05, 0.1) is 5.56 Å². The van der Waals surface area contributed by atoms with Gasteiger partial charge in [0.1, 0.15) is 5.65 Å². The van der Waals surface area contributed by atoms with Gasteiger partial charge in [-0.3, -0.25) is 4.79 Å². The first kappa shape index (κ1) is 16.8. The lowest BCUT2D eigenvalue weighted by molar-refractivity contribution is 1.16. The summed E-state index contributed by atoms with van der Waals surface area (Å²) in [5.41, 5.74) is 2.16. The van der Waals surface area contributed by atoms with E-state index in [1.54, 1.807) is 18.3 Å². The van der Waals surface area contributed by atoms with Crippen LogP contribution in [0.15, 0.2) is 70.1 Å². The summed E-state index contributed by atoms with van der Waals surface area (Å²) in [6.45, 7) is 0. The summed E-state index contributed by atoms with van der Waals surface area (Å²) in [7, 11) is 0. The molecule has 0 aliphatic rings. The zero-order chi connectivity index (χ0) is 18.1. The third-order valence-electron chi connectivity index (χ3n) is 3.86. The number of aromatic nitrogens is 3. The second-order valence-electron chi connectivity index (χ2n) is 5.60. The van der Waals surface area contributed by atoms with E-state index in [2.05, 4.69) is 36.2 Å². The van der Waals surface area contributed by atoms with E-state index in [-0.39, 0.29) is 5.56 Å². The van der Waals surface area contributed by atoms with E-state index >= 15 is 0 Å². The number of H-pyrrole nitrogens is 1. The van der Waals surface area contributed by atoms with Gasteiger partial charge in [0.2, 0.25) is 5.95 Å². The van der Waals surface area contributed by atoms with Gasteiger partial charge >= 0.3 is 0 Å². The summed E-state index contributed by atoms with van der Waals surface area (Å²) in [5, 5.41) is 4.31. The van der Waals surface area contributed by atoms with Crippen LogP contribution in [0.5, 0.6) is 0 Å². The zero-order valence-corrected chi connectivity index (χ0v) is 15.7. The van der Waals surface area contributed by atoms with E-state index in [1.807, 2.05) is 42.5 Å². The Morgan fingerprint density at radius 1 is 1.08 bits per heavy atom. The number of rotatable bonds is 3. The Kier molecular flexibility index (Phi) is 4.44. The quantitative estimate of drug-likeness (QED) is 0.475. The highest BCUT2D eigenvalue weighted by atomic mass is 79.9. The molecular weight excluding hydrogens is 416 g/mol. The average molecular weight is 428 g/mol. The molecule has 2 aromatic carbocycles. The fourth-order valence-corrected chi connectivity index (χ4v) is 3.61. The number of nitrogens with one attached hydrogen (secondary N) is 2. The van der Waals surface area contributed by atoms with Crippen molar-refractivity contribution < 1.29 is 0 Å². The molecule has 2 aromatic heterocycles. The lowest BCUT2D eigenvalue weighted by Gasteiger charge is -2.09. The van der Waals surface area contributed by atoms with Crippen molar-refractivity contribution in [1.82, 2.24) is 15.0 Å². The van der Waals surface area contributed by atoms with Crippen molar-refractivity contribution in [1.29, 1.82) is 0 Å². The highest BCUT2D eigenvalue weighted by molar-refractivity contribution is 9.10. The van der Waals surface area contributed by atoms with Crippen molar-refractivity contribution in [2.45, 2.75) is 0 Å². The van der Waals surface area contributed by atoms with Crippen LogP contribution in [0.1, 0.15) is 0 Å². The topological polar surface area (TPSA) is 70.7 Å². The van der Waals surface area contributed by atoms with Crippen LogP contribution in [-0.2, 0) is 0 Å². The highest BCUT2D eigenvalue weighted by Crippen LogP contribution is 2.33. The van der Waals surface area contributed by atoms with Crippen LogP contribution in [-0.4, -0.2) is 15.0 Å². The Bertz CT molecular complexity index is 1140. The van der Waals surface area contributed by atoms with Gasteiger partial charge in [0.15, 0.2) is 0 Å². The van der Waals surface area contributed by atoms with Crippen molar-refractivity contribution in [2.75, 3.05) is 5.32 Å². The lowest BCUT2D eigenvalue weighted by atomic mass is 10.1. The van der Waals surface area contributed by atoms with Crippen LogP contribution < -0.4 is 10.9 Å². The molecule has 0 radical (unpaired) electrons. The van der Waals surface area contributed by atoms with Crippen molar-refractivity contribution in [2.24, 2.45) is 0 Å². The number of hydrogen-bond donors (Lipinski definition) is 2. The number of hydrogen-bond acceptors (Lipinski definition) is 4. The van der Waals surface area contributed by atoms with Crippen molar-refractivity contribution in [3.8, 4) is 11.1 Å². The van der Waals surface area contributed by atoms with Crippen LogP contribution in [0, 0.1) is 0 Å². The molecular formula is C19H12BrClN4O. The number of pyridine rings is 1. The molecule has 4 aromatic rings. The summed E-state index contributed by atoms with van der Waals surface area (Å²) >= 11 is 9.73. The van der Waals surface area contributed by atoms with E-state index in [0.29, 0.717) is 33.1 Å². The summed E-state index contributed by atoms with van der Waals surface area (Å²) in [6.07, 6.45) is 1.66. The number of anilines is 2. The Labute approximate surface area is 162 Å². The predicted octanol–water partition coefficient (Wildman–Crippen LogP) is 5.14. The number of benzene rings is 2. The molecule has 0 saturated carbocycles. The molecule has 4 rings (SSSR count). The minimum absolute atomic E-state index is 0.268. The normalized spacial score (nSPS) is 10.8. The Balaban J connectivity index is 1.79. The molecule has 0 atom stereocenters. The van der Waals surface area contributed by atoms with Crippen LogP contribution in [0.2, 0.25) is 5.02 Å². The molecule has 0 spiro atoms. The molecule has 0 fully saturated rings. The number of fused-ring (bicyclic) bond motifs is 1. The third-order valence-corrected chi connectivity index (χ3v) is 4.83. The van der Waals surface area contributed by atoms with Crippen LogP contribution >= 0.6 is 27.5 Å². The molecule has 5 nitrogen and oxygen atoms in total. The molecule has 7 heteroatoms. The number of halogens is 2. The second kappa shape index (κ2) is 6.90. The van der Waals surface area contributed by atoms with Gasteiger partial charge in [0.25, 0.3) is 5.56 Å². The fourth-order valence-electron chi connectivity index (χ4n) is 2.64. The second-order valence-corrected chi connectivity index (χ2v) is 6.86. The molecule has 0 aliphatic heterocycles. The maximum absolute atomic E-state index is 12.6. The van der Waals surface area contributed by atoms with Gasteiger partial charge in [-0.15, -0.1) is 0 Å². The van der Waals surface area contributed by atoms with Crippen LogP contribution in [0.25, 0.3) is 22.2 Å². The van der Waals surface area contributed by atoms with E-state index in [9.17, 15) is 4.79 Å². The summed E-state index contributed by atoms with van der Waals surface area (Å²) in [4.78, 5) is 24.1. The van der Waals surface area contributed by atoms with E-state index in [4.69, 9.17) is 11.6 Å². The molecule has 128 valence electrons. The Morgan fingerprint density at radius 2 is 1.88 bits per heavy atom. The fraction of sp³-hybridized carbons (Fsp3) is 0. The standard InChI is InChI=1S/C19H12BrClN4O/c20-14-7-4-8-15(21)16(14)13-9-11-10-22-19(25-17(11)24-18(13)26)23-12-5-2-1-3-6-12/h1-10H,(H2,22,23,24,25,26). The first-order valence-corrected chi connectivity index (χ1v) is 8.95. The van der Waals surface area contributed by atoms with Gasteiger partial charge < -0.3 is 10.3 Å². The average Bonchev–Trinajstić information content (AvgIpc) is 2.63. The minimum atomic E-state index is -0.268. The SMILES string of the molecule is O=c1[nH]c2nc(Nc3ccccc3)ncc2cc1-c1c(Cl)cccc1Br. The Hall–Kier alpha value is -2.70. The summed E-state index contributed by atoms with van der Waals surface area (Å²) in [6, 6.07) is 16.7. The van der Waals surface area contributed by atoms with Gasteiger partial charge in [0, 0.05) is 32.3 Å². The Morgan fingerprint density at radius 3 is 2.65 bits per heavy atom. The maximum Gasteiger partial charge on any atom is 0.257 e. The predicted molar refractivity (Wildman–Crippen MR) is 108 cm³/mol. The van der Waals surface area contributed by atoms with Gasteiger partial charge in [-0.25, -0.2) is 4.98 Å². The highest BCUT2D eigenvalue weighted by Gasteiger charge is 2.13. The molecule has 26 heavy (non-hydrogen) atoms. The molecule has 0 unspecified atom stereocenters. The first-order chi connectivity index (χ1) is 12.6. The zero-order valence-electron chi connectivity index (χ0n) is 13.3. The molecule has 0 aliphatic carbocycles. The van der Waals surface area contributed by atoms with E-state index < -0.39 is 0 Å². The van der Waals surface area contributed by atoms with Gasteiger partial charge in [-0.05, 0) is 30.3 Å². The molecule has 2 heterocycles. The largest absolute Gasteiger partial charge is 0.324 e. The maximum atomic E-state index is 12.6. The number of aromatic amines is 1. The van der Waals surface area contributed by atoms with Crippen molar-refractivity contribution in [3.63, 3.8) is 0 Å². The van der Waals surface area contributed by atoms with Crippen molar-refractivity contribution in [3.05, 3.63) is 80.6 Å².